The van der Waals surface area contributed by atoms with Gasteiger partial charge in [0.2, 0.25) is 0 Å². The lowest BCUT2D eigenvalue weighted by molar-refractivity contribution is 0.118. The summed E-state index contributed by atoms with van der Waals surface area (Å²) in [6.07, 6.45) is 0. The van der Waals surface area contributed by atoms with E-state index in [1.165, 1.54) is 5.56 Å². The van der Waals surface area contributed by atoms with Crippen molar-refractivity contribution in [2.45, 2.75) is 20.1 Å². The molecule has 3 nitrogen and oxygen atoms in total. The molecule has 0 spiro atoms. The lowest BCUT2D eigenvalue weighted by Gasteiger charge is -2.10. The molecule has 0 aliphatic carbocycles. The van der Waals surface area contributed by atoms with Crippen LogP contribution in [-0.2, 0) is 22.8 Å². The SMILES string of the molecule is Cc1ccc(/C(=N/OCc2ccccc2)OCc2ccccc2)cc1. The van der Waals surface area contributed by atoms with Crippen molar-refractivity contribution in [1.82, 2.24) is 0 Å². The molecule has 0 aliphatic rings. The van der Waals surface area contributed by atoms with E-state index in [2.05, 4.69) is 12.1 Å². The first-order valence-corrected chi connectivity index (χ1v) is 8.29. The number of nitrogens with zero attached hydrogens (tertiary/aromatic N) is 1. The Labute approximate surface area is 148 Å². The Hall–Kier alpha value is -3.07. The molecular weight excluding hydrogens is 310 g/mol. The fourth-order valence-electron chi connectivity index (χ4n) is 2.32. The summed E-state index contributed by atoms with van der Waals surface area (Å²) < 4.78 is 5.92. The molecule has 0 radical (unpaired) electrons. The van der Waals surface area contributed by atoms with Crippen LogP contribution in [0, 0.1) is 6.92 Å². The number of rotatable bonds is 6. The molecule has 3 aromatic rings. The lowest BCUT2D eigenvalue weighted by atomic mass is 10.1. The van der Waals surface area contributed by atoms with Gasteiger partial charge in [0, 0.05) is 5.56 Å². The van der Waals surface area contributed by atoms with Gasteiger partial charge in [-0.2, -0.15) is 0 Å². The van der Waals surface area contributed by atoms with Gasteiger partial charge < -0.3 is 9.57 Å². The van der Waals surface area contributed by atoms with Crippen LogP contribution < -0.4 is 0 Å². The second kappa shape index (κ2) is 8.69. The molecule has 0 fully saturated rings. The number of hydrogen-bond acceptors (Lipinski definition) is 3. The molecule has 0 amide bonds. The van der Waals surface area contributed by atoms with E-state index in [4.69, 9.17) is 9.57 Å². The van der Waals surface area contributed by atoms with Crippen LogP contribution in [0.3, 0.4) is 0 Å². The summed E-state index contributed by atoms with van der Waals surface area (Å²) in [5, 5.41) is 4.23. The summed E-state index contributed by atoms with van der Waals surface area (Å²) in [7, 11) is 0. The van der Waals surface area contributed by atoms with E-state index < -0.39 is 0 Å². The van der Waals surface area contributed by atoms with Gasteiger partial charge in [-0.1, -0.05) is 78.4 Å². The Balaban J connectivity index is 1.71. The molecule has 3 aromatic carbocycles. The van der Waals surface area contributed by atoms with E-state index >= 15 is 0 Å². The van der Waals surface area contributed by atoms with Crippen molar-refractivity contribution in [3.8, 4) is 0 Å². The highest BCUT2D eigenvalue weighted by Gasteiger charge is 2.07. The van der Waals surface area contributed by atoms with Gasteiger partial charge in [-0.3, -0.25) is 0 Å². The summed E-state index contributed by atoms with van der Waals surface area (Å²) in [5.74, 6) is 0.486. The molecule has 3 rings (SSSR count). The highest BCUT2D eigenvalue weighted by atomic mass is 16.6. The summed E-state index contributed by atoms with van der Waals surface area (Å²) in [6, 6.07) is 28.0. The molecular formula is C22H21NO2. The minimum absolute atomic E-state index is 0.408. The van der Waals surface area contributed by atoms with Gasteiger partial charge in [0.25, 0.3) is 5.90 Å². The van der Waals surface area contributed by atoms with Crippen molar-refractivity contribution in [2.75, 3.05) is 0 Å². The zero-order valence-corrected chi connectivity index (χ0v) is 14.3. The third kappa shape index (κ3) is 5.21. The van der Waals surface area contributed by atoms with Crippen LogP contribution in [0.2, 0.25) is 0 Å². The zero-order valence-electron chi connectivity index (χ0n) is 14.3. The highest BCUT2D eigenvalue weighted by Crippen LogP contribution is 2.10. The molecule has 0 heterocycles. The Bertz CT molecular complexity index is 796. The minimum Gasteiger partial charge on any atom is -0.470 e. The summed E-state index contributed by atoms with van der Waals surface area (Å²) in [5.41, 5.74) is 4.24. The second-order valence-corrected chi connectivity index (χ2v) is 5.80. The normalized spacial score (nSPS) is 11.2. The molecule has 0 bridgehead atoms. The maximum atomic E-state index is 5.92. The third-order valence-electron chi connectivity index (χ3n) is 3.74. The predicted octanol–water partition coefficient (Wildman–Crippen LogP) is 5.09. The van der Waals surface area contributed by atoms with Crippen LogP contribution in [0.15, 0.2) is 90.1 Å². The molecule has 0 N–H and O–H groups in total. The standard InChI is InChI=1S/C22H21NO2/c1-18-12-14-21(15-13-18)22(24-16-19-8-4-2-5-9-19)23-25-17-20-10-6-3-7-11-20/h2-15H,16-17H2,1H3/b23-22-. The minimum atomic E-state index is 0.408. The fraction of sp³-hybridized carbons (Fsp3) is 0.136. The van der Waals surface area contributed by atoms with E-state index in [1.807, 2.05) is 84.9 Å². The molecule has 0 saturated heterocycles. The first-order valence-electron chi connectivity index (χ1n) is 8.29. The second-order valence-electron chi connectivity index (χ2n) is 5.80. The number of oxime groups is 1. The average Bonchev–Trinajstić information content (AvgIpc) is 2.67. The number of hydrogen-bond donors (Lipinski definition) is 0. The third-order valence-corrected chi connectivity index (χ3v) is 3.74. The van der Waals surface area contributed by atoms with Gasteiger partial charge >= 0.3 is 0 Å². The summed E-state index contributed by atoms with van der Waals surface area (Å²) in [6.45, 7) is 2.91. The van der Waals surface area contributed by atoms with Crippen molar-refractivity contribution >= 4 is 5.90 Å². The van der Waals surface area contributed by atoms with E-state index in [9.17, 15) is 0 Å². The average molecular weight is 331 g/mol. The van der Waals surface area contributed by atoms with Crippen molar-refractivity contribution in [1.29, 1.82) is 0 Å². The maximum absolute atomic E-state index is 5.92. The number of aryl methyl sites for hydroxylation is 1. The molecule has 0 atom stereocenters. The molecule has 3 heteroatoms. The Morgan fingerprint density at radius 2 is 1.28 bits per heavy atom. The molecule has 0 saturated carbocycles. The molecule has 126 valence electrons. The van der Waals surface area contributed by atoms with E-state index in [1.54, 1.807) is 0 Å². The van der Waals surface area contributed by atoms with Gasteiger partial charge in [-0.05, 0) is 35.3 Å². The molecule has 0 aliphatic heterocycles. The van der Waals surface area contributed by atoms with Crippen molar-refractivity contribution < 1.29 is 9.57 Å². The van der Waals surface area contributed by atoms with Crippen LogP contribution in [0.25, 0.3) is 0 Å². The highest BCUT2D eigenvalue weighted by molar-refractivity contribution is 5.93. The van der Waals surface area contributed by atoms with Crippen LogP contribution in [0.4, 0.5) is 0 Å². The van der Waals surface area contributed by atoms with Crippen LogP contribution in [0.1, 0.15) is 22.3 Å². The van der Waals surface area contributed by atoms with Gasteiger partial charge in [0.15, 0.2) is 0 Å². The summed E-state index contributed by atoms with van der Waals surface area (Å²) >= 11 is 0. The Kier molecular flexibility index (Phi) is 5.83. The molecule has 0 aromatic heterocycles. The fourth-order valence-corrected chi connectivity index (χ4v) is 2.32. The van der Waals surface area contributed by atoms with Gasteiger partial charge in [-0.25, -0.2) is 0 Å². The molecule has 25 heavy (non-hydrogen) atoms. The lowest BCUT2D eigenvalue weighted by Crippen LogP contribution is -2.08. The van der Waals surface area contributed by atoms with E-state index in [0.29, 0.717) is 19.1 Å². The zero-order chi connectivity index (χ0) is 17.3. The smallest absolute Gasteiger partial charge is 0.257 e. The predicted molar refractivity (Wildman–Crippen MR) is 100 cm³/mol. The van der Waals surface area contributed by atoms with Crippen LogP contribution in [0.5, 0.6) is 0 Å². The first-order chi connectivity index (χ1) is 12.3. The summed E-state index contributed by atoms with van der Waals surface area (Å²) in [4.78, 5) is 5.52. The monoisotopic (exact) mass is 331 g/mol. The molecule has 0 unspecified atom stereocenters. The van der Waals surface area contributed by atoms with E-state index in [-0.39, 0.29) is 0 Å². The van der Waals surface area contributed by atoms with Gasteiger partial charge in [-0.15, -0.1) is 0 Å². The quantitative estimate of drug-likeness (QED) is 0.358. The Morgan fingerprint density at radius 1 is 0.720 bits per heavy atom. The topological polar surface area (TPSA) is 30.8 Å². The number of ether oxygens (including phenoxy) is 1. The van der Waals surface area contributed by atoms with Crippen LogP contribution >= 0.6 is 0 Å². The van der Waals surface area contributed by atoms with Gasteiger partial charge in [0.05, 0.1) is 0 Å². The van der Waals surface area contributed by atoms with Crippen molar-refractivity contribution in [3.63, 3.8) is 0 Å². The van der Waals surface area contributed by atoms with Crippen molar-refractivity contribution in [2.24, 2.45) is 5.16 Å². The largest absolute Gasteiger partial charge is 0.470 e. The number of benzene rings is 3. The van der Waals surface area contributed by atoms with Crippen molar-refractivity contribution in [3.05, 3.63) is 107 Å². The van der Waals surface area contributed by atoms with E-state index in [0.717, 1.165) is 16.7 Å². The van der Waals surface area contributed by atoms with Crippen LogP contribution in [-0.4, -0.2) is 5.90 Å². The van der Waals surface area contributed by atoms with Gasteiger partial charge in [0.1, 0.15) is 13.2 Å². The maximum Gasteiger partial charge on any atom is 0.257 e. The Morgan fingerprint density at radius 3 is 1.88 bits per heavy atom. The first kappa shape index (κ1) is 16.8.